The second kappa shape index (κ2) is 12.4. The molecule has 10 aromatic rings. The first-order valence-electron chi connectivity index (χ1n) is 20.2. The lowest BCUT2D eigenvalue weighted by Gasteiger charge is -2.24. The van der Waals surface area contributed by atoms with Gasteiger partial charge in [0.15, 0.2) is 0 Å². The normalized spacial score (nSPS) is 14.5. The molecule has 2 aromatic heterocycles. The Hall–Kier alpha value is -6.64. The molecule has 2 heterocycles. The predicted octanol–water partition coefficient (Wildman–Crippen LogP) is 14.8. The van der Waals surface area contributed by atoms with Gasteiger partial charge in [-0.05, 0) is 111 Å². The third-order valence-electron chi connectivity index (χ3n) is 12.7. The lowest BCUT2D eigenvalue weighted by Crippen LogP contribution is -2.18. The molecular weight excluding hydrogens is 689 g/mol. The van der Waals surface area contributed by atoms with Crippen LogP contribution >= 0.6 is 0 Å². The molecular formula is C55H44N2. The molecule has 0 saturated heterocycles. The smallest absolute Gasteiger partial charge is 0.0541 e. The highest BCUT2D eigenvalue weighted by Gasteiger charge is 2.43. The van der Waals surface area contributed by atoms with E-state index in [1.54, 1.807) is 0 Å². The topological polar surface area (TPSA) is 9.86 Å². The SMILES string of the molecule is CC1(C)CC(C)(C)c2c(-c3ccccc3-n3c4ccccc4c4cc(-c5ccc6c(c5)c5ccccc5n6-c5ccc(-c6ccccc6)cc5)ccc43)cccc21. The van der Waals surface area contributed by atoms with E-state index in [1.165, 1.54) is 93.8 Å². The Bertz CT molecular complexity index is 3190. The van der Waals surface area contributed by atoms with Crippen molar-refractivity contribution in [2.45, 2.75) is 44.9 Å². The van der Waals surface area contributed by atoms with Crippen molar-refractivity contribution < 1.29 is 0 Å². The molecule has 0 fully saturated rings. The summed E-state index contributed by atoms with van der Waals surface area (Å²) < 4.78 is 4.90. The van der Waals surface area contributed by atoms with Gasteiger partial charge >= 0.3 is 0 Å². The van der Waals surface area contributed by atoms with E-state index in [-0.39, 0.29) is 10.8 Å². The van der Waals surface area contributed by atoms with Gasteiger partial charge in [0.2, 0.25) is 0 Å². The van der Waals surface area contributed by atoms with Gasteiger partial charge in [-0.2, -0.15) is 0 Å². The number of para-hydroxylation sites is 3. The summed E-state index contributed by atoms with van der Waals surface area (Å²) in [5.41, 5.74) is 18.0. The quantitative estimate of drug-likeness (QED) is 0.167. The van der Waals surface area contributed by atoms with Gasteiger partial charge in [0.05, 0.1) is 27.8 Å². The van der Waals surface area contributed by atoms with Gasteiger partial charge in [0.25, 0.3) is 0 Å². The number of nitrogens with zero attached hydrogens (tertiary/aromatic N) is 2. The molecule has 0 unspecified atom stereocenters. The number of hydrogen-bond acceptors (Lipinski definition) is 0. The minimum absolute atomic E-state index is 0.0820. The van der Waals surface area contributed by atoms with Crippen LogP contribution in [-0.2, 0) is 10.8 Å². The summed E-state index contributed by atoms with van der Waals surface area (Å²) in [6.45, 7) is 9.66. The highest BCUT2D eigenvalue weighted by molar-refractivity contribution is 6.13. The lowest BCUT2D eigenvalue weighted by atomic mass is 9.80. The Labute approximate surface area is 334 Å². The van der Waals surface area contributed by atoms with E-state index >= 15 is 0 Å². The maximum atomic E-state index is 2.50. The highest BCUT2D eigenvalue weighted by atomic mass is 15.0. The minimum atomic E-state index is 0.0820. The number of aromatic nitrogens is 2. The molecule has 1 aliphatic carbocycles. The molecule has 0 atom stereocenters. The van der Waals surface area contributed by atoms with Gasteiger partial charge in [0, 0.05) is 32.8 Å². The molecule has 274 valence electrons. The summed E-state index contributed by atoms with van der Waals surface area (Å²) in [4.78, 5) is 0. The second-order valence-electron chi connectivity index (χ2n) is 17.3. The summed E-state index contributed by atoms with van der Waals surface area (Å²) >= 11 is 0. The van der Waals surface area contributed by atoms with Crippen molar-refractivity contribution in [1.82, 2.24) is 9.13 Å². The van der Waals surface area contributed by atoms with E-state index in [1.807, 2.05) is 0 Å². The first-order chi connectivity index (χ1) is 27.8. The maximum Gasteiger partial charge on any atom is 0.0541 e. The second-order valence-corrected chi connectivity index (χ2v) is 17.3. The molecule has 0 saturated carbocycles. The van der Waals surface area contributed by atoms with Gasteiger partial charge in [-0.25, -0.2) is 0 Å². The fraction of sp³-hybridized carbons (Fsp3) is 0.127. The van der Waals surface area contributed by atoms with Crippen LogP contribution in [0.3, 0.4) is 0 Å². The molecule has 11 rings (SSSR count). The largest absolute Gasteiger partial charge is 0.309 e. The fourth-order valence-corrected chi connectivity index (χ4v) is 10.5. The molecule has 0 radical (unpaired) electrons. The van der Waals surface area contributed by atoms with Crippen LogP contribution in [0.1, 0.15) is 45.2 Å². The van der Waals surface area contributed by atoms with Crippen LogP contribution in [0.15, 0.2) is 182 Å². The van der Waals surface area contributed by atoms with Crippen LogP contribution in [0.2, 0.25) is 0 Å². The number of benzene rings is 8. The van der Waals surface area contributed by atoms with Crippen LogP contribution < -0.4 is 0 Å². The van der Waals surface area contributed by atoms with E-state index in [0.29, 0.717) is 0 Å². The minimum Gasteiger partial charge on any atom is -0.309 e. The molecule has 1 aliphatic rings. The third-order valence-corrected chi connectivity index (χ3v) is 12.7. The zero-order valence-corrected chi connectivity index (χ0v) is 32.9. The predicted molar refractivity (Wildman–Crippen MR) is 242 cm³/mol. The Kier molecular flexibility index (Phi) is 7.35. The summed E-state index contributed by atoms with van der Waals surface area (Å²) in [5.74, 6) is 0. The molecule has 0 N–H and O–H groups in total. The van der Waals surface area contributed by atoms with Crippen LogP contribution in [-0.4, -0.2) is 9.13 Å². The molecule has 2 heteroatoms. The Balaban J connectivity index is 1.06. The number of rotatable bonds is 5. The van der Waals surface area contributed by atoms with Gasteiger partial charge < -0.3 is 9.13 Å². The van der Waals surface area contributed by atoms with E-state index in [4.69, 9.17) is 0 Å². The fourth-order valence-electron chi connectivity index (χ4n) is 10.5. The zero-order valence-electron chi connectivity index (χ0n) is 32.9. The van der Waals surface area contributed by atoms with Crippen molar-refractivity contribution in [1.29, 1.82) is 0 Å². The molecule has 57 heavy (non-hydrogen) atoms. The molecule has 0 spiro atoms. The van der Waals surface area contributed by atoms with Crippen molar-refractivity contribution in [2.24, 2.45) is 0 Å². The summed E-state index contributed by atoms with van der Waals surface area (Å²) in [7, 11) is 0. The highest BCUT2D eigenvalue weighted by Crippen LogP contribution is 2.53. The van der Waals surface area contributed by atoms with Gasteiger partial charge in [-0.15, -0.1) is 0 Å². The first-order valence-corrected chi connectivity index (χ1v) is 20.2. The Morgan fingerprint density at radius 3 is 1.56 bits per heavy atom. The van der Waals surface area contributed by atoms with Gasteiger partial charge in [-0.3, -0.25) is 0 Å². The van der Waals surface area contributed by atoms with Crippen molar-refractivity contribution in [3.05, 3.63) is 193 Å². The van der Waals surface area contributed by atoms with Crippen molar-refractivity contribution in [3.63, 3.8) is 0 Å². The maximum absolute atomic E-state index is 2.50. The monoisotopic (exact) mass is 732 g/mol. The molecule has 2 nitrogen and oxygen atoms in total. The Morgan fingerprint density at radius 2 is 0.877 bits per heavy atom. The number of fused-ring (bicyclic) bond motifs is 7. The zero-order chi connectivity index (χ0) is 38.5. The van der Waals surface area contributed by atoms with Crippen LogP contribution in [0, 0.1) is 0 Å². The molecule has 0 amide bonds. The third kappa shape index (κ3) is 5.17. The van der Waals surface area contributed by atoms with Gasteiger partial charge in [-0.1, -0.05) is 155 Å². The summed E-state index contributed by atoms with van der Waals surface area (Å²) in [6, 6.07) is 67.3. The average molecular weight is 733 g/mol. The first kappa shape index (κ1) is 33.7. The van der Waals surface area contributed by atoms with Crippen LogP contribution in [0.25, 0.3) is 88.4 Å². The van der Waals surface area contributed by atoms with E-state index < -0.39 is 0 Å². The number of hydrogen-bond donors (Lipinski definition) is 0. The van der Waals surface area contributed by atoms with E-state index in [9.17, 15) is 0 Å². The Morgan fingerprint density at radius 1 is 0.368 bits per heavy atom. The van der Waals surface area contributed by atoms with Crippen LogP contribution in [0.5, 0.6) is 0 Å². The molecule has 0 bridgehead atoms. The van der Waals surface area contributed by atoms with E-state index in [2.05, 4.69) is 219 Å². The van der Waals surface area contributed by atoms with Gasteiger partial charge in [0.1, 0.15) is 0 Å². The summed E-state index contributed by atoms with van der Waals surface area (Å²) in [6.07, 6.45) is 1.14. The van der Waals surface area contributed by atoms with Crippen molar-refractivity contribution >= 4 is 43.6 Å². The van der Waals surface area contributed by atoms with Crippen molar-refractivity contribution in [3.8, 4) is 44.8 Å². The summed E-state index contributed by atoms with van der Waals surface area (Å²) in [5, 5.41) is 5.04. The molecule has 8 aromatic carbocycles. The van der Waals surface area contributed by atoms with Crippen LogP contribution in [0.4, 0.5) is 0 Å². The lowest BCUT2D eigenvalue weighted by molar-refractivity contribution is 0.403. The van der Waals surface area contributed by atoms with E-state index in [0.717, 1.165) is 12.1 Å². The van der Waals surface area contributed by atoms with Crippen molar-refractivity contribution in [2.75, 3.05) is 0 Å². The average Bonchev–Trinajstić information content (AvgIpc) is 3.82. The molecule has 0 aliphatic heterocycles. The standard InChI is InChI=1S/C55H44N2/c1-54(2)35-55(3,4)53-44(20-14-21-47(53)54)41-17-8-12-23-49(41)57-50-24-13-10-19-43(50)46-34-39(28-32-52(46)57)38-27-31-51-45(33-38)42-18-9-11-22-48(42)56(51)40-29-25-37(26-30-40)36-15-6-5-7-16-36/h5-34H,35H2,1-4H3.